The van der Waals surface area contributed by atoms with Crippen LogP contribution in [-0.4, -0.2) is 13.4 Å². The van der Waals surface area contributed by atoms with Crippen molar-refractivity contribution < 1.29 is 9.53 Å². The molecule has 0 amide bonds. The molecule has 88 valence electrons. The second kappa shape index (κ2) is 5.69. The lowest BCUT2D eigenvalue weighted by Crippen LogP contribution is -2.22. The van der Waals surface area contributed by atoms with Gasteiger partial charge in [0, 0.05) is 6.42 Å². The van der Waals surface area contributed by atoms with Crippen LogP contribution in [0.25, 0.3) is 0 Å². The first-order valence-electron chi connectivity index (χ1n) is 5.74. The lowest BCUT2D eigenvalue weighted by atomic mass is 9.76. The molecule has 0 saturated carbocycles. The maximum absolute atomic E-state index is 10.8. The largest absolute Gasteiger partial charge is 0.497 e. The van der Waals surface area contributed by atoms with Crippen molar-refractivity contribution in [2.75, 3.05) is 7.11 Å². The van der Waals surface area contributed by atoms with Gasteiger partial charge in [-0.15, -0.1) is 0 Å². The van der Waals surface area contributed by atoms with Gasteiger partial charge in [-0.25, -0.2) is 0 Å². The number of benzene rings is 1. The van der Waals surface area contributed by atoms with E-state index < -0.39 is 0 Å². The number of carbonyl (C=O) groups excluding carboxylic acids is 1. The fourth-order valence-corrected chi connectivity index (χ4v) is 2.09. The number of methoxy groups -OCH3 is 1. The minimum Gasteiger partial charge on any atom is -0.497 e. The highest BCUT2D eigenvalue weighted by Gasteiger charge is 2.24. The summed E-state index contributed by atoms with van der Waals surface area (Å²) in [6.07, 6.45) is 3.70. The Labute approximate surface area is 97.6 Å². The minimum absolute atomic E-state index is 0.0389. The lowest BCUT2D eigenvalue weighted by molar-refractivity contribution is -0.108. The van der Waals surface area contributed by atoms with Crippen LogP contribution in [0.2, 0.25) is 0 Å². The Kier molecular flexibility index (Phi) is 4.53. The average molecular weight is 220 g/mol. The van der Waals surface area contributed by atoms with Crippen molar-refractivity contribution in [2.24, 2.45) is 0 Å². The zero-order valence-electron chi connectivity index (χ0n) is 10.3. The molecule has 0 saturated heterocycles. The van der Waals surface area contributed by atoms with Crippen molar-refractivity contribution in [1.82, 2.24) is 0 Å². The molecule has 1 rings (SSSR count). The van der Waals surface area contributed by atoms with Crippen molar-refractivity contribution in [1.29, 1.82) is 0 Å². The van der Waals surface area contributed by atoms with Crippen molar-refractivity contribution in [3.05, 3.63) is 29.8 Å². The lowest BCUT2D eigenvalue weighted by Gasteiger charge is -2.27. The molecule has 0 aliphatic rings. The zero-order valence-corrected chi connectivity index (χ0v) is 10.3. The molecule has 1 aromatic rings. The molecular formula is C14H20O2. The summed E-state index contributed by atoms with van der Waals surface area (Å²) in [5.41, 5.74) is 1.17. The van der Waals surface area contributed by atoms with Gasteiger partial charge in [0.25, 0.3) is 0 Å². The van der Waals surface area contributed by atoms with Crippen LogP contribution in [0.15, 0.2) is 24.3 Å². The van der Waals surface area contributed by atoms with Crippen LogP contribution in [-0.2, 0) is 10.2 Å². The number of rotatable bonds is 6. The van der Waals surface area contributed by atoms with E-state index in [1.807, 2.05) is 12.1 Å². The standard InChI is InChI=1S/C14H20O2/c1-4-9-14(2,10-11-15)12-5-7-13(16-3)8-6-12/h5-8,11H,4,9-10H2,1-3H3/t14-/m1/s1. The quantitative estimate of drug-likeness (QED) is 0.687. The van der Waals surface area contributed by atoms with Crippen molar-refractivity contribution >= 4 is 6.29 Å². The minimum atomic E-state index is -0.0389. The maximum Gasteiger partial charge on any atom is 0.120 e. The maximum atomic E-state index is 10.8. The van der Waals surface area contributed by atoms with Crippen molar-refractivity contribution in [3.8, 4) is 5.75 Å². The van der Waals surface area contributed by atoms with Crippen LogP contribution in [0.1, 0.15) is 38.7 Å². The topological polar surface area (TPSA) is 26.3 Å². The zero-order chi connectivity index (χ0) is 12.0. The molecule has 0 fully saturated rings. The summed E-state index contributed by atoms with van der Waals surface area (Å²) in [6, 6.07) is 8.01. The highest BCUT2D eigenvalue weighted by molar-refractivity contribution is 5.53. The highest BCUT2D eigenvalue weighted by Crippen LogP contribution is 2.32. The van der Waals surface area contributed by atoms with E-state index in [1.165, 1.54) is 5.56 Å². The third-order valence-electron chi connectivity index (χ3n) is 3.12. The molecule has 0 aliphatic carbocycles. The van der Waals surface area contributed by atoms with Gasteiger partial charge in [-0.05, 0) is 29.5 Å². The SMILES string of the molecule is CCC[C@](C)(CC=O)c1ccc(OC)cc1. The molecule has 1 atom stereocenters. The van der Waals surface area contributed by atoms with Crippen LogP contribution in [0.5, 0.6) is 5.75 Å². The molecule has 0 N–H and O–H groups in total. The van der Waals surface area contributed by atoms with Gasteiger partial charge in [0.2, 0.25) is 0 Å². The van der Waals surface area contributed by atoms with Gasteiger partial charge in [-0.1, -0.05) is 32.4 Å². The van der Waals surface area contributed by atoms with Crippen LogP contribution in [0, 0.1) is 0 Å². The van der Waals surface area contributed by atoms with Crippen LogP contribution < -0.4 is 4.74 Å². The van der Waals surface area contributed by atoms with E-state index >= 15 is 0 Å². The number of ether oxygens (including phenoxy) is 1. The molecule has 1 aromatic carbocycles. The number of hydrogen-bond acceptors (Lipinski definition) is 2. The number of aldehydes is 1. The number of hydrogen-bond donors (Lipinski definition) is 0. The van der Waals surface area contributed by atoms with Crippen molar-refractivity contribution in [2.45, 2.75) is 38.5 Å². The Morgan fingerprint density at radius 2 is 1.94 bits per heavy atom. The van der Waals surface area contributed by atoms with Gasteiger partial charge in [-0.2, -0.15) is 0 Å². The van der Waals surface area contributed by atoms with Crippen LogP contribution in [0.4, 0.5) is 0 Å². The molecule has 0 aromatic heterocycles. The van der Waals surface area contributed by atoms with E-state index in [-0.39, 0.29) is 5.41 Å². The second-order valence-corrected chi connectivity index (χ2v) is 4.41. The second-order valence-electron chi connectivity index (χ2n) is 4.41. The van der Waals surface area contributed by atoms with E-state index in [4.69, 9.17) is 4.74 Å². The monoisotopic (exact) mass is 220 g/mol. The summed E-state index contributed by atoms with van der Waals surface area (Å²) < 4.78 is 5.13. The van der Waals surface area contributed by atoms with E-state index in [9.17, 15) is 4.79 Å². The molecule has 2 heteroatoms. The first-order chi connectivity index (χ1) is 7.66. The van der Waals surface area contributed by atoms with Crippen LogP contribution >= 0.6 is 0 Å². The molecular weight excluding hydrogens is 200 g/mol. The smallest absolute Gasteiger partial charge is 0.120 e. The normalized spacial score (nSPS) is 14.2. The fraction of sp³-hybridized carbons (Fsp3) is 0.500. The number of carbonyl (C=O) groups is 1. The third-order valence-corrected chi connectivity index (χ3v) is 3.12. The predicted octanol–water partition coefficient (Wildman–Crippen LogP) is 3.34. The van der Waals surface area contributed by atoms with Gasteiger partial charge >= 0.3 is 0 Å². The van der Waals surface area contributed by atoms with Gasteiger partial charge in [0.15, 0.2) is 0 Å². The van der Waals surface area contributed by atoms with E-state index in [0.29, 0.717) is 6.42 Å². The predicted molar refractivity (Wildman–Crippen MR) is 65.9 cm³/mol. The Balaban J connectivity index is 2.96. The first kappa shape index (κ1) is 12.8. The summed E-state index contributed by atoms with van der Waals surface area (Å²) in [7, 11) is 1.66. The molecule has 16 heavy (non-hydrogen) atoms. The van der Waals surface area contributed by atoms with Gasteiger partial charge < -0.3 is 9.53 Å². The first-order valence-corrected chi connectivity index (χ1v) is 5.74. The Morgan fingerprint density at radius 3 is 2.38 bits per heavy atom. The Hall–Kier alpha value is -1.31. The van der Waals surface area contributed by atoms with E-state index in [1.54, 1.807) is 7.11 Å². The summed E-state index contributed by atoms with van der Waals surface area (Å²) in [6.45, 7) is 4.29. The molecule has 0 spiro atoms. The van der Waals surface area contributed by atoms with Gasteiger partial charge in [-0.3, -0.25) is 0 Å². The summed E-state index contributed by atoms with van der Waals surface area (Å²) >= 11 is 0. The molecule has 0 bridgehead atoms. The molecule has 2 nitrogen and oxygen atoms in total. The fourth-order valence-electron chi connectivity index (χ4n) is 2.09. The van der Waals surface area contributed by atoms with Gasteiger partial charge in [0.1, 0.15) is 12.0 Å². The molecule has 0 unspecified atom stereocenters. The van der Waals surface area contributed by atoms with Crippen molar-refractivity contribution in [3.63, 3.8) is 0 Å². The third kappa shape index (κ3) is 2.84. The summed E-state index contributed by atoms with van der Waals surface area (Å²) in [4.78, 5) is 10.8. The van der Waals surface area contributed by atoms with Crippen LogP contribution in [0.3, 0.4) is 0 Å². The summed E-state index contributed by atoms with van der Waals surface area (Å²) in [5, 5.41) is 0. The van der Waals surface area contributed by atoms with Gasteiger partial charge in [0.05, 0.1) is 7.11 Å². The summed E-state index contributed by atoms with van der Waals surface area (Å²) in [5.74, 6) is 0.855. The Morgan fingerprint density at radius 1 is 1.31 bits per heavy atom. The molecule has 0 radical (unpaired) electrons. The van der Waals surface area contributed by atoms with E-state index in [0.717, 1.165) is 24.9 Å². The van der Waals surface area contributed by atoms with E-state index in [2.05, 4.69) is 26.0 Å². The Bertz CT molecular complexity index is 329. The average Bonchev–Trinajstić information content (AvgIpc) is 2.30. The molecule has 0 heterocycles. The highest BCUT2D eigenvalue weighted by atomic mass is 16.5. The molecule has 0 aliphatic heterocycles.